The van der Waals surface area contributed by atoms with Crippen LogP contribution in [0.3, 0.4) is 0 Å². The molecular weight excluding hydrogens is 340 g/mol. The highest BCUT2D eigenvalue weighted by Gasteiger charge is 2.53. The third-order valence-electron chi connectivity index (χ3n) is 6.54. The fourth-order valence-corrected chi connectivity index (χ4v) is 5.11. The van der Waals surface area contributed by atoms with Crippen molar-refractivity contribution in [2.75, 3.05) is 6.54 Å². The van der Waals surface area contributed by atoms with E-state index in [1.54, 1.807) is 0 Å². The van der Waals surface area contributed by atoms with E-state index in [1.165, 1.54) is 12.1 Å². The van der Waals surface area contributed by atoms with E-state index in [0.29, 0.717) is 18.4 Å². The summed E-state index contributed by atoms with van der Waals surface area (Å²) in [6, 6.07) is 3.95. The molecule has 142 valence electrons. The predicted octanol–water partition coefficient (Wildman–Crippen LogP) is 3.12. The van der Waals surface area contributed by atoms with Gasteiger partial charge < -0.3 is 10.2 Å². The van der Waals surface area contributed by atoms with Crippen LogP contribution in [0.1, 0.15) is 50.5 Å². The number of carboxylic acid groups (broad SMARTS) is 1. The Bertz CT molecular complexity index is 705. The zero-order chi connectivity index (χ0) is 18.5. The highest BCUT2D eigenvalue weighted by atomic mass is 19.1. The van der Waals surface area contributed by atoms with Crippen molar-refractivity contribution in [3.05, 3.63) is 35.4 Å². The van der Waals surface area contributed by atoms with Gasteiger partial charge in [-0.15, -0.1) is 0 Å². The van der Waals surface area contributed by atoms with E-state index < -0.39 is 23.2 Å². The summed E-state index contributed by atoms with van der Waals surface area (Å²) >= 11 is 0. The first kappa shape index (κ1) is 17.9. The summed E-state index contributed by atoms with van der Waals surface area (Å²) in [6.45, 7) is 0.787. The summed E-state index contributed by atoms with van der Waals surface area (Å²) in [5, 5.41) is 20.2. The van der Waals surface area contributed by atoms with Crippen LogP contribution in [0.5, 0.6) is 0 Å². The number of aliphatic hydroxyl groups is 1. The smallest absolute Gasteiger partial charge is 0.303 e. The van der Waals surface area contributed by atoms with Crippen LogP contribution in [0, 0.1) is 17.0 Å². The molecule has 1 aromatic carbocycles. The van der Waals surface area contributed by atoms with E-state index in [1.807, 2.05) is 0 Å². The lowest BCUT2D eigenvalue weighted by Crippen LogP contribution is -2.53. The van der Waals surface area contributed by atoms with Gasteiger partial charge in [0.25, 0.3) is 0 Å². The van der Waals surface area contributed by atoms with E-state index in [2.05, 4.69) is 4.90 Å². The van der Waals surface area contributed by atoms with Gasteiger partial charge in [0.2, 0.25) is 0 Å². The third kappa shape index (κ3) is 3.49. The van der Waals surface area contributed by atoms with Crippen LogP contribution in [-0.4, -0.2) is 45.3 Å². The molecule has 2 bridgehead atoms. The molecule has 3 aliphatic rings. The molecule has 2 unspecified atom stereocenters. The van der Waals surface area contributed by atoms with Gasteiger partial charge in [0.1, 0.15) is 11.6 Å². The summed E-state index contributed by atoms with van der Waals surface area (Å²) in [4.78, 5) is 13.5. The van der Waals surface area contributed by atoms with Crippen molar-refractivity contribution in [1.29, 1.82) is 0 Å². The molecule has 0 radical (unpaired) electrons. The molecule has 26 heavy (non-hydrogen) atoms. The maximum atomic E-state index is 14.0. The highest BCUT2D eigenvalue weighted by molar-refractivity contribution is 5.68. The molecule has 0 amide bonds. The Morgan fingerprint density at radius 1 is 1.19 bits per heavy atom. The average molecular weight is 365 g/mol. The Hall–Kier alpha value is -1.53. The zero-order valence-corrected chi connectivity index (χ0v) is 14.8. The van der Waals surface area contributed by atoms with Crippen molar-refractivity contribution in [2.45, 2.75) is 69.1 Å². The summed E-state index contributed by atoms with van der Waals surface area (Å²) < 4.78 is 27.1. The standard InChI is InChI=1S/C20H25F2NO3/c21-14-2-1-13(17(22)7-14)8-20(26)9-15-3-4-16(10-20)23(15)12-19(5-6-19)11-18(24)25/h1-2,7,15-16,26H,3-6,8-12H2,(H,24,25). The van der Waals surface area contributed by atoms with E-state index in [0.717, 1.165) is 38.3 Å². The summed E-state index contributed by atoms with van der Waals surface area (Å²) in [7, 11) is 0. The minimum absolute atomic E-state index is 0.0921. The Morgan fingerprint density at radius 2 is 1.85 bits per heavy atom. The third-order valence-corrected chi connectivity index (χ3v) is 6.54. The van der Waals surface area contributed by atoms with Gasteiger partial charge in [-0.25, -0.2) is 8.78 Å². The second-order valence-corrected chi connectivity index (χ2v) is 8.67. The first-order chi connectivity index (χ1) is 12.3. The lowest BCUT2D eigenvalue weighted by atomic mass is 9.80. The number of aliphatic carboxylic acids is 1. The fraction of sp³-hybridized carbons (Fsp3) is 0.650. The Labute approximate surface area is 151 Å². The maximum absolute atomic E-state index is 14.0. The van der Waals surface area contributed by atoms with Crippen molar-refractivity contribution in [1.82, 2.24) is 4.90 Å². The van der Waals surface area contributed by atoms with Crippen LogP contribution >= 0.6 is 0 Å². The number of carbonyl (C=O) groups is 1. The molecule has 4 nitrogen and oxygen atoms in total. The first-order valence-corrected chi connectivity index (χ1v) is 9.41. The summed E-state index contributed by atoms with van der Waals surface area (Å²) in [6.07, 6.45) is 5.42. The highest BCUT2D eigenvalue weighted by Crippen LogP contribution is 2.52. The number of rotatable bonds is 6. The normalized spacial score (nSPS) is 32.6. The lowest BCUT2D eigenvalue weighted by Gasteiger charge is -2.45. The molecule has 6 heteroatoms. The van der Waals surface area contributed by atoms with Gasteiger partial charge in [-0.05, 0) is 55.6 Å². The topological polar surface area (TPSA) is 60.8 Å². The van der Waals surface area contributed by atoms with Gasteiger partial charge in [-0.1, -0.05) is 6.07 Å². The van der Waals surface area contributed by atoms with Crippen LogP contribution in [0.4, 0.5) is 8.78 Å². The molecule has 1 aromatic rings. The van der Waals surface area contributed by atoms with Crippen molar-refractivity contribution in [3.8, 4) is 0 Å². The van der Waals surface area contributed by atoms with Crippen LogP contribution < -0.4 is 0 Å². The summed E-state index contributed by atoms with van der Waals surface area (Å²) in [5.41, 5.74) is -0.721. The predicted molar refractivity (Wildman–Crippen MR) is 91.7 cm³/mol. The number of halogens is 2. The van der Waals surface area contributed by atoms with Crippen molar-refractivity contribution in [3.63, 3.8) is 0 Å². The summed E-state index contributed by atoms with van der Waals surface area (Å²) in [5.74, 6) is -1.96. The lowest BCUT2D eigenvalue weighted by molar-refractivity contribution is -0.139. The average Bonchev–Trinajstić information content (AvgIpc) is 3.24. The first-order valence-electron chi connectivity index (χ1n) is 9.41. The molecule has 2 atom stereocenters. The fourth-order valence-electron chi connectivity index (χ4n) is 5.11. The molecule has 3 fully saturated rings. The van der Waals surface area contributed by atoms with Crippen molar-refractivity contribution >= 4 is 5.97 Å². The number of nitrogens with zero attached hydrogens (tertiary/aromatic N) is 1. The van der Waals surface area contributed by atoms with E-state index in [9.17, 15) is 18.7 Å². The van der Waals surface area contributed by atoms with Crippen molar-refractivity contribution in [2.24, 2.45) is 5.41 Å². The van der Waals surface area contributed by atoms with Crippen LogP contribution in [0.2, 0.25) is 0 Å². The number of piperidine rings is 1. The van der Waals surface area contributed by atoms with Crippen LogP contribution in [0.25, 0.3) is 0 Å². The monoisotopic (exact) mass is 365 g/mol. The Kier molecular flexibility index (Phi) is 4.31. The van der Waals surface area contributed by atoms with Gasteiger partial charge >= 0.3 is 5.97 Å². The van der Waals surface area contributed by atoms with Crippen LogP contribution in [-0.2, 0) is 11.2 Å². The van der Waals surface area contributed by atoms with Gasteiger partial charge in [-0.3, -0.25) is 9.69 Å². The van der Waals surface area contributed by atoms with Gasteiger partial charge in [0.05, 0.1) is 12.0 Å². The SMILES string of the molecule is O=C(O)CC1(CN2C3CCC2CC(O)(Cc2ccc(F)cc2F)C3)CC1. The van der Waals surface area contributed by atoms with E-state index in [-0.39, 0.29) is 30.3 Å². The minimum Gasteiger partial charge on any atom is -0.481 e. The van der Waals surface area contributed by atoms with E-state index in [4.69, 9.17) is 5.11 Å². The molecule has 2 N–H and O–H groups in total. The molecule has 2 heterocycles. The molecule has 1 aliphatic carbocycles. The maximum Gasteiger partial charge on any atom is 0.303 e. The van der Waals surface area contributed by atoms with Gasteiger partial charge in [-0.2, -0.15) is 0 Å². The Balaban J connectivity index is 1.45. The quantitative estimate of drug-likeness (QED) is 0.813. The molecule has 1 saturated carbocycles. The molecule has 2 aliphatic heterocycles. The van der Waals surface area contributed by atoms with Crippen LogP contribution in [0.15, 0.2) is 18.2 Å². The van der Waals surface area contributed by atoms with Gasteiger partial charge in [0.15, 0.2) is 0 Å². The second-order valence-electron chi connectivity index (χ2n) is 8.67. The molecule has 0 aromatic heterocycles. The molecule has 2 saturated heterocycles. The number of hydrogen-bond acceptors (Lipinski definition) is 3. The number of hydrogen-bond donors (Lipinski definition) is 2. The Morgan fingerprint density at radius 3 is 2.38 bits per heavy atom. The zero-order valence-electron chi connectivity index (χ0n) is 14.8. The largest absolute Gasteiger partial charge is 0.481 e. The van der Waals surface area contributed by atoms with Crippen molar-refractivity contribution < 1.29 is 23.8 Å². The molecule has 4 rings (SSSR count). The number of fused-ring (bicyclic) bond motifs is 2. The number of benzene rings is 1. The second kappa shape index (κ2) is 6.27. The van der Waals surface area contributed by atoms with E-state index >= 15 is 0 Å². The molecular formula is C20H25F2NO3. The molecule has 0 spiro atoms. The minimum atomic E-state index is -0.982. The number of carboxylic acids is 1. The van der Waals surface area contributed by atoms with Gasteiger partial charge in [0, 0.05) is 31.1 Å².